The summed E-state index contributed by atoms with van der Waals surface area (Å²) in [5.74, 6) is 2.46. The van der Waals surface area contributed by atoms with E-state index in [-0.39, 0.29) is 11.5 Å². The minimum atomic E-state index is -0.0463. The fourth-order valence-electron chi connectivity index (χ4n) is 4.79. The Morgan fingerprint density at radius 3 is 2.19 bits per heavy atom. The first-order valence-corrected chi connectivity index (χ1v) is 11.4. The minimum absolute atomic E-state index is 0.0463. The van der Waals surface area contributed by atoms with Crippen LogP contribution < -0.4 is 19.1 Å². The van der Waals surface area contributed by atoms with Gasteiger partial charge < -0.3 is 23.8 Å². The fraction of sp³-hybridized carbons (Fsp3) is 0.538. The van der Waals surface area contributed by atoms with Crippen molar-refractivity contribution in [2.45, 2.75) is 31.8 Å². The topological polar surface area (TPSA) is 43.4 Å². The van der Waals surface area contributed by atoms with Gasteiger partial charge in [0.2, 0.25) is 0 Å². The van der Waals surface area contributed by atoms with Gasteiger partial charge in [0, 0.05) is 43.8 Å². The van der Waals surface area contributed by atoms with Crippen LogP contribution in [-0.4, -0.2) is 65.6 Å². The van der Waals surface area contributed by atoms with Crippen LogP contribution in [0.3, 0.4) is 0 Å². The van der Waals surface area contributed by atoms with Crippen molar-refractivity contribution in [2.24, 2.45) is 0 Å². The number of piperazine rings is 1. The number of hydrogen-bond acceptors (Lipinski definition) is 6. The van der Waals surface area contributed by atoms with Crippen molar-refractivity contribution in [2.75, 3.05) is 65.6 Å². The Balaban J connectivity index is 1.38. The number of hydrogen-bond donors (Lipinski definition) is 0. The number of rotatable bonds is 7. The standard InChI is InChI=1S/C26H36N2O4/c1-26(2)18-32-23(21-16-24(30-4)25(31-5)17-22(21)26)10-11-27-12-14-28(15-13-27)19-6-8-20(29-3)9-7-19/h6-9,16-17,23H,10-15,18H2,1-5H3. The molecule has 0 bridgehead atoms. The first-order chi connectivity index (χ1) is 15.4. The summed E-state index contributed by atoms with van der Waals surface area (Å²) in [6.07, 6.45) is 1.05. The van der Waals surface area contributed by atoms with Crippen molar-refractivity contribution in [1.82, 2.24) is 4.90 Å². The molecule has 2 aromatic rings. The van der Waals surface area contributed by atoms with E-state index in [1.165, 1.54) is 16.8 Å². The van der Waals surface area contributed by atoms with Crippen molar-refractivity contribution in [1.29, 1.82) is 0 Å². The molecule has 1 unspecified atom stereocenters. The molecule has 0 N–H and O–H groups in total. The highest BCUT2D eigenvalue weighted by Gasteiger charge is 2.35. The molecule has 174 valence electrons. The molecule has 32 heavy (non-hydrogen) atoms. The molecule has 0 radical (unpaired) electrons. The zero-order chi connectivity index (χ0) is 22.7. The smallest absolute Gasteiger partial charge is 0.161 e. The summed E-state index contributed by atoms with van der Waals surface area (Å²) >= 11 is 0. The number of benzene rings is 2. The lowest BCUT2D eigenvalue weighted by Crippen LogP contribution is -2.47. The molecule has 0 saturated carbocycles. The molecule has 2 heterocycles. The van der Waals surface area contributed by atoms with E-state index < -0.39 is 0 Å². The van der Waals surface area contributed by atoms with Crippen LogP contribution in [0.4, 0.5) is 5.69 Å². The quantitative estimate of drug-likeness (QED) is 0.641. The Morgan fingerprint density at radius 2 is 1.56 bits per heavy atom. The number of fused-ring (bicyclic) bond motifs is 1. The van der Waals surface area contributed by atoms with Gasteiger partial charge in [0.05, 0.1) is 34.0 Å². The summed E-state index contributed by atoms with van der Waals surface area (Å²) < 4.78 is 22.8. The minimum Gasteiger partial charge on any atom is -0.497 e. The third-order valence-corrected chi connectivity index (χ3v) is 6.79. The predicted molar refractivity (Wildman–Crippen MR) is 128 cm³/mol. The van der Waals surface area contributed by atoms with Crippen LogP contribution in [0, 0.1) is 0 Å². The maximum Gasteiger partial charge on any atom is 0.161 e. The molecule has 2 aromatic carbocycles. The predicted octanol–water partition coefficient (Wildman–Crippen LogP) is 4.27. The monoisotopic (exact) mass is 440 g/mol. The normalized spacial score (nSPS) is 20.5. The largest absolute Gasteiger partial charge is 0.497 e. The lowest BCUT2D eigenvalue weighted by Gasteiger charge is -2.40. The Morgan fingerprint density at radius 1 is 0.906 bits per heavy atom. The molecule has 4 rings (SSSR count). The SMILES string of the molecule is COc1ccc(N2CCN(CCC3OCC(C)(C)c4cc(OC)c(OC)cc43)CC2)cc1. The van der Waals surface area contributed by atoms with Crippen molar-refractivity contribution in [3.05, 3.63) is 47.5 Å². The molecule has 6 heteroatoms. The summed E-state index contributed by atoms with van der Waals surface area (Å²) in [7, 11) is 5.09. The van der Waals surface area contributed by atoms with Crippen molar-refractivity contribution in [3.63, 3.8) is 0 Å². The molecule has 1 saturated heterocycles. The van der Waals surface area contributed by atoms with Gasteiger partial charge in [-0.3, -0.25) is 4.90 Å². The molecule has 0 spiro atoms. The van der Waals surface area contributed by atoms with Crippen LogP contribution in [0.1, 0.15) is 37.5 Å². The fourth-order valence-corrected chi connectivity index (χ4v) is 4.79. The summed E-state index contributed by atoms with van der Waals surface area (Å²) in [6.45, 7) is 10.4. The van der Waals surface area contributed by atoms with Crippen LogP contribution in [0.2, 0.25) is 0 Å². The van der Waals surface area contributed by atoms with E-state index in [2.05, 4.69) is 47.9 Å². The van der Waals surface area contributed by atoms with Crippen molar-refractivity contribution < 1.29 is 18.9 Å². The molecule has 2 aliphatic rings. The van der Waals surface area contributed by atoms with E-state index in [1.807, 2.05) is 12.1 Å². The van der Waals surface area contributed by atoms with Gasteiger partial charge in [-0.25, -0.2) is 0 Å². The molecule has 2 aliphatic heterocycles. The van der Waals surface area contributed by atoms with E-state index in [4.69, 9.17) is 18.9 Å². The van der Waals surface area contributed by atoms with Gasteiger partial charge in [-0.15, -0.1) is 0 Å². The number of ether oxygens (including phenoxy) is 4. The third-order valence-electron chi connectivity index (χ3n) is 6.79. The summed E-state index contributed by atoms with van der Waals surface area (Å²) in [6, 6.07) is 12.6. The van der Waals surface area contributed by atoms with Crippen LogP contribution in [-0.2, 0) is 10.2 Å². The summed E-state index contributed by atoms with van der Waals surface area (Å²) in [4.78, 5) is 4.99. The molecular formula is C26H36N2O4. The molecule has 0 aromatic heterocycles. The van der Waals surface area contributed by atoms with Gasteiger partial charge in [0.25, 0.3) is 0 Å². The average molecular weight is 441 g/mol. The Bertz CT molecular complexity index is 905. The Hall–Kier alpha value is -2.44. The third kappa shape index (κ3) is 4.66. The zero-order valence-corrected chi connectivity index (χ0v) is 20.0. The molecule has 1 fully saturated rings. The van der Waals surface area contributed by atoms with E-state index in [1.54, 1.807) is 21.3 Å². The number of methoxy groups -OCH3 is 3. The van der Waals surface area contributed by atoms with Crippen LogP contribution >= 0.6 is 0 Å². The van der Waals surface area contributed by atoms with Crippen LogP contribution in [0.15, 0.2) is 36.4 Å². The molecule has 0 aliphatic carbocycles. The highest BCUT2D eigenvalue weighted by Crippen LogP contribution is 2.44. The highest BCUT2D eigenvalue weighted by atomic mass is 16.5. The lowest BCUT2D eigenvalue weighted by atomic mass is 9.78. The second-order valence-electron chi connectivity index (χ2n) is 9.29. The number of anilines is 1. The van der Waals surface area contributed by atoms with Crippen LogP contribution in [0.5, 0.6) is 17.2 Å². The lowest BCUT2D eigenvalue weighted by molar-refractivity contribution is -0.00352. The zero-order valence-electron chi connectivity index (χ0n) is 20.0. The van der Waals surface area contributed by atoms with Gasteiger partial charge in [-0.05, 0) is 53.9 Å². The van der Waals surface area contributed by atoms with Crippen molar-refractivity contribution in [3.8, 4) is 17.2 Å². The second-order valence-corrected chi connectivity index (χ2v) is 9.29. The maximum absolute atomic E-state index is 6.35. The number of nitrogens with zero attached hydrogens (tertiary/aromatic N) is 2. The van der Waals surface area contributed by atoms with E-state index in [0.717, 1.165) is 56.4 Å². The molecular weight excluding hydrogens is 404 g/mol. The Kier molecular flexibility index (Phi) is 6.82. The van der Waals surface area contributed by atoms with E-state index in [0.29, 0.717) is 6.61 Å². The van der Waals surface area contributed by atoms with Crippen LogP contribution in [0.25, 0.3) is 0 Å². The van der Waals surface area contributed by atoms with E-state index >= 15 is 0 Å². The first kappa shape index (κ1) is 22.7. The Labute approximate surface area is 192 Å². The van der Waals surface area contributed by atoms with Crippen molar-refractivity contribution >= 4 is 5.69 Å². The average Bonchev–Trinajstić information content (AvgIpc) is 2.83. The summed E-state index contributed by atoms with van der Waals surface area (Å²) in [5.41, 5.74) is 3.75. The molecule has 0 amide bonds. The van der Waals surface area contributed by atoms with Gasteiger partial charge in [-0.1, -0.05) is 13.8 Å². The van der Waals surface area contributed by atoms with E-state index in [9.17, 15) is 0 Å². The van der Waals surface area contributed by atoms with Gasteiger partial charge in [0.15, 0.2) is 11.5 Å². The maximum atomic E-state index is 6.35. The summed E-state index contributed by atoms with van der Waals surface area (Å²) in [5, 5.41) is 0. The van der Waals surface area contributed by atoms with Gasteiger partial charge in [-0.2, -0.15) is 0 Å². The highest BCUT2D eigenvalue weighted by molar-refractivity contribution is 5.51. The van der Waals surface area contributed by atoms with Gasteiger partial charge >= 0.3 is 0 Å². The first-order valence-electron chi connectivity index (χ1n) is 11.4. The molecule has 6 nitrogen and oxygen atoms in total. The second kappa shape index (κ2) is 9.59. The molecule has 1 atom stereocenters. The van der Waals surface area contributed by atoms with Gasteiger partial charge in [0.1, 0.15) is 5.75 Å².